The lowest BCUT2D eigenvalue weighted by atomic mass is 10.2. The number of hydrogen-bond acceptors (Lipinski definition) is 4. The molecule has 1 aromatic carbocycles. The second-order valence-corrected chi connectivity index (χ2v) is 6.03. The van der Waals surface area contributed by atoms with E-state index in [2.05, 4.69) is 10.3 Å². The van der Waals surface area contributed by atoms with E-state index in [1.807, 2.05) is 48.0 Å². The number of carbonyl (C=O) groups excluding carboxylic acids is 1. The molecule has 5 nitrogen and oxygen atoms in total. The lowest BCUT2D eigenvalue weighted by Gasteiger charge is -2.10. The standard InChI is InChI=1S/C16H17N3O2S/c1-10-4-5-14(21-3)13(6-10)18-15(20)7-12-9-22-16-17-11(2)8-19(12)16/h4-6,8-9H,7H2,1-3H3,(H,18,20). The number of aromatic nitrogens is 2. The number of benzene rings is 1. The van der Waals surface area contributed by atoms with Gasteiger partial charge in [-0.25, -0.2) is 4.98 Å². The number of nitrogens with zero attached hydrogens (tertiary/aromatic N) is 2. The average Bonchev–Trinajstić information content (AvgIpc) is 3.00. The van der Waals surface area contributed by atoms with Crippen LogP contribution in [0.2, 0.25) is 0 Å². The van der Waals surface area contributed by atoms with Crippen LogP contribution in [-0.2, 0) is 11.2 Å². The highest BCUT2D eigenvalue weighted by Crippen LogP contribution is 2.25. The van der Waals surface area contributed by atoms with E-state index < -0.39 is 0 Å². The number of methoxy groups -OCH3 is 1. The van der Waals surface area contributed by atoms with E-state index in [1.54, 1.807) is 18.4 Å². The zero-order chi connectivity index (χ0) is 15.7. The van der Waals surface area contributed by atoms with Crippen molar-refractivity contribution < 1.29 is 9.53 Å². The Labute approximate surface area is 132 Å². The monoisotopic (exact) mass is 315 g/mol. The summed E-state index contributed by atoms with van der Waals surface area (Å²) in [5.74, 6) is 0.586. The van der Waals surface area contributed by atoms with Crippen molar-refractivity contribution >= 4 is 27.9 Å². The molecule has 0 aliphatic rings. The molecule has 114 valence electrons. The normalized spacial score (nSPS) is 10.9. The Bertz CT molecular complexity index is 835. The maximum absolute atomic E-state index is 12.3. The van der Waals surface area contributed by atoms with Crippen LogP contribution in [0, 0.1) is 13.8 Å². The van der Waals surface area contributed by atoms with Crippen LogP contribution in [0.25, 0.3) is 4.96 Å². The summed E-state index contributed by atoms with van der Waals surface area (Å²) >= 11 is 1.54. The number of fused-ring (bicyclic) bond motifs is 1. The first-order chi connectivity index (χ1) is 10.6. The summed E-state index contributed by atoms with van der Waals surface area (Å²) in [5.41, 5.74) is 3.65. The van der Waals surface area contributed by atoms with Crippen molar-refractivity contribution in [3.05, 3.63) is 46.7 Å². The molecular weight excluding hydrogens is 298 g/mol. The number of ether oxygens (including phenoxy) is 1. The Kier molecular flexibility index (Phi) is 3.85. The molecule has 0 atom stereocenters. The maximum Gasteiger partial charge on any atom is 0.230 e. The molecule has 0 fully saturated rings. The van der Waals surface area contributed by atoms with Crippen LogP contribution in [0.1, 0.15) is 17.0 Å². The molecule has 0 aliphatic carbocycles. The summed E-state index contributed by atoms with van der Waals surface area (Å²) in [6, 6.07) is 5.71. The first-order valence-electron chi connectivity index (χ1n) is 6.93. The second-order valence-electron chi connectivity index (χ2n) is 5.19. The number of anilines is 1. The van der Waals surface area contributed by atoms with Crippen molar-refractivity contribution in [2.24, 2.45) is 0 Å². The third-order valence-electron chi connectivity index (χ3n) is 3.37. The quantitative estimate of drug-likeness (QED) is 0.804. The molecular formula is C16H17N3O2S. The Morgan fingerprint density at radius 3 is 3.00 bits per heavy atom. The number of nitrogens with one attached hydrogen (secondary N) is 1. The number of thiazole rings is 1. The average molecular weight is 315 g/mol. The van der Waals surface area contributed by atoms with Crippen molar-refractivity contribution in [1.29, 1.82) is 0 Å². The lowest BCUT2D eigenvalue weighted by molar-refractivity contribution is -0.115. The zero-order valence-electron chi connectivity index (χ0n) is 12.7. The van der Waals surface area contributed by atoms with E-state index >= 15 is 0 Å². The third kappa shape index (κ3) is 2.82. The molecule has 2 aromatic heterocycles. The van der Waals surface area contributed by atoms with Gasteiger partial charge in [-0.3, -0.25) is 9.20 Å². The van der Waals surface area contributed by atoms with Gasteiger partial charge in [0.2, 0.25) is 5.91 Å². The van der Waals surface area contributed by atoms with Gasteiger partial charge in [-0.2, -0.15) is 0 Å². The van der Waals surface area contributed by atoms with Gasteiger partial charge in [-0.05, 0) is 31.5 Å². The molecule has 1 amide bonds. The first-order valence-corrected chi connectivity index (χ1v) is 7.81. The number of imidazole rings is 1. The van der Waals surface area contributed by atoms with E-state index in [1.165, 1.54) is 0 Å². The fourth-order valence-electron chi connectivity index (χ4n) is 2.35. The van der Waals surface area contributed by atoms with Gasteiger partial charge in [0, 0.05) is 17.3 Å². The van der Waals surface area contributed by atoms with Gasteiger partial charge in [0.1, 0.15) is 5.75 Å². The van der Waals surface area contributed by atoms with Gasteiger partial charge in [0.05, 0.1) is 24.9 Å². The zero-order valence-corrected chi connectivity index (χ0v) is 13.5. The SMILES string of the molecule is COc1ccc(C)cc1NC(=O)Cc1csc2nc(C)cn12. The molecule has 0 aliphatic heterocycles. The largest absolute Gasteiger partial charge is 0.495 e. The highest BCUT2D eigenvalue weighted by molar-refractivity contribution is 7.15. The molecule has 0 bridgehead atoms. The van der Waals surface area contributed by atoms with Crippen molar-refractivity contribution in [1.82, 2.24) is 9.38 Å². The van der Waals surface area contributed by atoms with Crippen LogP contribution >= 0.6 is 11.3 Å². The Morgan fingerprint density at radius 2 is 2.23 bits per heavy atom. The topological polar surface area (TPSA) is 55.6 Å². The maximum atomic E-state index is 12.3. The second kappa shape index (κ2) is 5.81. The minimum atomic E-state index is -0.0741. The lowest BCUT2D eigenvalue weighted by Crippen LogP contribution is -2.16. The Balaban J connectivity index is 1.79. The number of aryl methyl sites for hydroxylation is 2. The smallest absolute Gasteiger partial charge is 0.230 e. The molecule has 0 unspecified atom stereocenters. The molecule has 0 saturated carbocycles. The van der Waals surface area contributed by atoms with Crippen LogP contribution in [0.3, 0.4) is 0 Å². The molecule has 3 aromatic rings. The van der Waals surface area contributed by atoms with Crippen molar-refractivity contribution in [2.45, 2.75) is 20.3 Å². The van der Waals surface area contributed by atoms with Gasteiger partial charge in [0.25, 0.3) is 0 Å². The highest BCUT2D eigenvalue weighted by atomic mass is 32.1. The van der Waals surface area contributed by atoms with Crippen LogP contribution < -0.4 is 10.1 Å². The van der Waals surface area contributed by atoms with E-state index in [0.29, 0.717) is 17.9 Å². The van der Waals surface area contributed by atoms with Gasteiger partial charge < -0.3 is 10.1 Å². The molecule has 0 spiro atoms. The van der Waals surface area contributed by atoms with Gasteiger partial charge in [-0.15, -0.1) is 11.3 Å². The predicted octanol–water partition coefficient (Wildman–Crippen LogP) is 3.20. The first kappa shape index (κ1) is 14.6. The van der Waals surface area contributed by atoms with Crippen LogP contribution in [-0.4, -0.2) is 22.4 Å². The van der Waals surface area contributed by atoms with Gasteiger partial charge in [0.15, 0.2) is 4.96 Å². The Morgan fingerprint density at radius 1 is 1.41 bits per heavy atom. The molecule has 2 heterocycles. The summed E-state index contributed by atoms with van der Waals surface area (Å²) in [6.07, 6.45) is 2.24. The summed E-state index contributed by atoms with van der Waals surface area (Å²) in [6.45, 7) is 3.92. The summed E-state index contributed by atoms with van der Waals surface area (Å²) in [5, 5.41) is 4.89. The molecule has 1 N–H and O–H groups in total. The molecule has 6 heteroatoms. The fraction of sp³-hybridized carbons (Fsp3) is 0.250. The minimum Gasteiger partial charge on any atom is -0.495 e. The summed E-state index contributed by atoms with van der Waals surface area (Å²) < 4.78 is 7.25. The van der Waals surface area contributed by atoms with E-state index in [0.717, 1.165) is 21.9 Å². The van der Waals surface area contributed by atoms with Crippen molar-refractivity contribution in [2.75, 3.05) is 12.4 Å². The summed E-state index contributed by atoms with van der Waals surface area (Å²) in [7, 11) is 1.59. The van der Waals surface area contributed by atoms with Gasteiger partial charge >= 0.3 is 0 Å². The van der Waals surface area contributed by atoms with Crippen molar-refractivity contribution in [3.63, 3.8) is 0 Å². The van der Waals surface area contributed by atoms with Gasteiger partial charge in [-0.1, -0.05) is 6.07 Å². The van der Waals surface area contributed by atoms with E-state index in [9.17, 15) is 4.79 Å². The third-order valence-corrected chi connectivity index (χ3v) is 4.26. The molecule has 22 heavy (non-hydrogen) atoms. The Hall–Kier alpha value is -2.34. The summed E-state index contributed by atoms with van der Waals surface area (Å²) in [4.78, 5) is 17.6. The number of carbonyl (C=O) groups is 1. The van der Waals surface area contributed by atoms with Crippen LogP contribution in [0.15, 0.2) is 29.8 Å². The number of hydrogen-bond donors (Lipinski definition) is 1. The fourth-order valence-corrected chi connectivity index (χ4v) is 3.27. The minimum absolute atomic E-state index is 0.0741. The highest BCUT2D eigenvalue weighted by Gasteiger charge is 2.12. The van der Waals surface area contributed by atoms with E-state index in [4.69, 9.17) is 4.74 Å². The molecule has 0 radical (unpaired) electrons. The van der Waals surface area contributed by atoms with Crippen LogP contribution in [0.5, 0.6) is 5.75 Å². The van der Waals surface area contributed by atoms with Crippen LogP contribution in [0.4, 0.5) is 5.69 Å². The predicted molar refractivity (Wildman–Crippen MR) is 87.9 cm³/mol. The number of amides is 1. The molecule has 3 rings (SSSR count). The van der Waals surface area contributed by atoms with Crippen molar-refractivity contribution in [3.8, 4) is 5.75 Å². The molecule has 0 saturated heterocycles. The number of rotatable bonds is 4. The van der Waals surface area contributed by atoms with E-state index in [-0.39, 0.29) is 5.91 Å².